The lowest BCUT2D eigenvalue weighted by atomic mass is 9.56. The van der Waals surface area contributed by atoms with Crippen LogP contribution in [0.15, 0.2) is 48.0 Å². The molecule has 2 N–H and O–H groups in total. The van der Waals surface area contributed by atoms with Crippen molar-refractivity contribution < 1.29 is 23.8 Å². The summed E-state index contributed by atoms with van der Waals surface area (Å²) >= 11 is 0. The van der Waals surface area contributed by atoms with E-state index in [2.05, 4.69) is 83.1 Å². The van der Waals surface area contributed by atoms with Crippen molar-refractivity contribution in [2.24, 2.45) is 23.7 Å². The van der Waals surface area contributed by atoms with Crippen molar-refractivity contribution >= 4 is 33.7 Å². The van der Waals surface area contributed by atoms with E-state index in [1.807, 2.05) is 0 Å². The number of esters is 2. The fraction of sp³-hybridized carbons (Fsp3) is 0.535. The molecule has 0 radical (unpaired) electrons. The van der Waals surface area contributed by atoms with E-state index >= 15 is 0 Å². The molecule has 4 aromatic rings. The molecule has 4 aliphatic heterocycles. The topological polar surface area (TPSA) is 99.9 Å². The van der Waals surface area contributed by atoms with Gasteiger partial charge >= 0.3 is 11.9 Å². The first-order valence-electron chi connectivity index (χ1n) is 19.3. The summed E-state index contributed by atoms with van der Waals surface area (Å²) in [7, 11) is 6.98. The number of allylic oxidation sites excluding steroid dienone is 1. The predicted octanol–water partition coefficient (Wildman–Crippen LogP) is 6.49. The lowest BCUT2D eigenvalue weighted by molar-refractivity contribution is -0.162. The lowest BCUT2D eigenvalue weighted by Gasteiger charge is -2.57. The smallest absolute Gasteiger partial charge is 0.319 e. The molecule has 6 bridgehead atoms. The van der Waals surface area contributed by atoms with Crippen LogP contribution in [-0.4, -0.2) is 91.8 Å². The number of likely N-dealkylation sites (tertiary alicyclic amines) is 1. The molecular formula is C43H52N4O5. The minimum Gasteiger partial charge on any atom is -0.496 e. The van der Waals surface area contributed by atoms with Gasteiger partial charge in [-0.15, -0.1) is 0 Å². The molecule has 4 fully saturated rings. The Morgan fingerprint density at radius 1 is 1.02 bits per heavy atom. The molecule has 9 atom stereocenters. The fourth-order valence-corrected chi connectivity index (χ4v) is 12.1. The minimum absolute atomic E-state index is 0.00427. The van der Waals surface area contributed by atoms with Crippen LogP contribution in [0.25, 0.3) is 21.8 Å². The highest BCUT2D eigenvalue weighted by atomic mass is 16.5. The number of aromatic amines is 2. The first-order valence-corrected chi connectivity index (χ1v) is 19.3. The van der Waals surface area contributed by atoms with Gasteiger partial charge in [-0.2, -0.15) is 0 Å². The third-order valence-electron chi connectivity index (χ3n) is 14.2. The molecule has 1 saturated carbocycles. The van der Waals surface area contributed by atoms with Crippen LogP contribution in [0.3, 0.4) is 0 Å². The molecular weight excluding hydrogens is 652 g/mol. The van der Waals surface area contributed by atoms with E-state index in [1.165, 1.54) is 41.3 Å². The highest BCUT2D eigenvalue weighted by Gasteiger charge is 2.63. The van der Waals surface area contributed by atoms with E-state index in [4.69, 9.17) is 14.2 Å². The maximum atomic E-state index is 14.4. The molecule has 2 aliphatic carbocycles. The van der Waals surface area contributed by atoms with E-state index in [-0.39, 0.29) is 41.8 Å². The molecule has 274 valence electrons. The van der Waals surface area contributed by atoms with E-state index < -0.39 is 5.41 Å². The number of para-hydroxylation sites is 1. The number of hydrogen-bond donors (Lipinski definition) is 2. The van der Waals surface area contributed by atoms with Crippen LogP contribution in [0.1, 0.15) is 73.5 Å². The molecule has 0 amide bonds. The lowest BCUT2D eigenvalue weighted by Crippen LogP contribution is -2.67. The number of nitrogens with one attached hydrogen (secondary N) is 2. The van der Waals surface area contributed by atoms with Crippen molar-refractivity contribution in [1.29, 1.82) is 0 Å². The van der Waals surface area contributed by atoms with Crippen LogP contribution in [-0.2, 0) is 37.3 Å². The minimum atomic E-state index is -0.756. The summed E-state index contributed by atoms with van der Waals surface area (Å²) in [5.41, 5.74) is 8.43. The molecule has 52 heavy (non-hydrogen) atoms. The molecule has 9 nitrogen and oxygen atoms in total. The zero-order valence-corrected chi connectivity index (χ0v) is 31.4. The van der Waals surface area contributed by atoms with Crippen molar-refractivity contribution in [1.82, 2.24) is 19.8 Å². The molecule has 3 saturated heterocycles. The molecule has 6 heterocycles. The number of ether oxygens (including phenoxy) is 3. The van der Waals surface area contributed by atoms with Crippen LogP contribution in [0.2, 0.25) is 0 Å². The Labute approximate surface area is 306 Å². The third kappa shape index (κ3) is 4.60. The highest BCUT2D eigenvalue weighted by molar-refractivity contribution is 5.95. The maximum Gasteiger partial charge on any atom is 0.319 e. The number of rotatable bonds is 5. The van der Waals surface area contributed by atoms with E-state index in [1.54, 1.807) is 14.2 Å². The van der Waals surface area contributed by atoms with Crippen LogP contribution >= 0.6 is 0 Å². The molecule has 0 spiro atoms. The van der Waals surface area contributed by atoms with Crippen LogP contribution < -0.4 is 4.74 Å². The second-order valence-corrected chi connectivity index (χ2v) is 16.3. The number of methoxy groups -OCH3 is 3. The van der Waals surface area contributed by atoms with Gasteiger partial charge in [0, 0.05) is 70.9 Å². The largest absolute Gasteiger partial charge is 0.496 e. The van der Waals surface area contributed by atoms with Crippen LogP contribution in [0.4, 0.5) is 0 Å². The van der Waals surface area contributed by atoms with Crippen molar-refractivity contribution in [3.63, 3.8) is 0 Å². The number of benzene rings is 2. The second kappa shape index (κ2) is 12.5. The van der Waals surface area contributed by atoms with E-state index in [9.17, 15) is 9.59 Å². The SMILES string of the molecule is C/C=C1/CN(C)[C@H]2Cc3c([nH]c4ccccc34)[C@@H](c3c(OC)ccc4c5c([nH]c34)[C@]3(C(=O)OC)C[C@@H]4C[C@H](CC)[C@@H]3N(CC5)C4)C[C@H]1C2C(=O)OC. The summed E-state index contributed by atoms with van der Waals surface area (Å²) < 4.78 is 17.7. The Balaban J connectivity index is 1.32. The Bertz CT molecular complexity index is 2110. The number of fused-ring (bicyclic) bond motifs is 9. The van der Waals surface area contributed by atoms with Gasteiger partial charge in [0.1, 0.15) is 11.2 Å². The number of likely N-dealkylation sites (N-methyl/N-ethyl adjacent to an activating group) is 1. The standard InChI is InChI=1S/C43H52N4O5/c1-7-24-17-23-20-43(42(49)52-6)39-28(15-16-47(21-23)40(24)43)27-13-14-34(50-4)36(38(27)45-39)31-18-29-25(8-2)22-46(3)33(35(29)41(48)51-5)19-30-26-11-9-10-12-32(26)44-37(30)31/h8-14,23-24,29,31,33,35,40,44-45H,7,15-22H2,1-6H3/b25-8-/t23-,24-,29+,31+,33-,35?,40-,43+/m0/s1. The molecule has 2 aromatic heterocycles. The summed E-state index contributed by atoms with van der Waals surface area (Å²) in [6, 6.07) is 13.0. The Kier molecular flexibility index (Phi) is 8.12. The van der Waals surface area contributed by atoms with Gasteiger partial charge in [-0.3, -0.25) is 19.4 Å². The predicted molar refractivity (Wildman–Crippen MR) is 202 cm³/mol. The van der Waals surface area contributed by atoms with Gasteiger partial charge in [-0.25, -0.2) is 0 Å². The summed E-state index contributed by atoms with van der Waals surface area (Å²) in [5, 5.41) is 2.35. The zero-order valence-electron chi connectivity index (χ0n) is 31.4. The van der Waals surface area contributed by atoms with E-state index in [0.29, 0.717) is 18.3 Å². The van der Waals surface area contributed by atoms with Gasteiger partial charge < -0.3 is 24.2 Å². The van der Waals surface area contributed by atoms with Gasteiger partial charge in [-0.1, -0.05) is 43.2 Å². The Hall–Kier alpha value is -4.08. The number of H-pyrrole nitrogens is 2. The maximum absolute atomic E-state index is 14.4. The molecule has 6 aliphatic rings. The van der Waals surface area contributed by atoms with E-state index in [0.717, 1.165) is 78.7 Å². The first-order chi connectivity index (χ1) is 25.3. The number of piperidine rings is 3. The van der Waals surface area contributed by atoms with Crippen molar-refractivity contribution in [2.45, 2.75) is 75.8 Å². The van der Waals surface area contributed by atoms with Crippen molar-refractivity contribution in [3.8, 4) is 5.75 Å². The summed E-state index contributed by atoms with van der Waals surface area (Å²) in [5.74, 6) is 0.960. The Morgan fingerprint density at radius 3 is 2.60 bits per heavy atom. The summed E-state index contributed by atoms with van der Waals surface area (Å²) in [4.78, 5) is 41.2. The monoisotopic (exact) mass is 704 g/mol. The van der Waals surface area contributed by atoms with Gasteiger partial charge in [0.2, 0.25) is 0 Å². The Morgan fingerprint density at radius 2 is 1.85 bits per heavy atom. The number of carbonyl (C=O) groups is 2. The molecule has 2 aromatic carbocycles. The molecule has 9 heteroatoms. The zero-order chi connectivity index (χ0) is 36.1. The number of nitrogens with zero attached hydrogens (tertiary/aromatic N) is 2. The molecule has 2 unspecified atom stereocenters. The van der Waals surface area contributed by atoms with Gasteiger partial charge in [0.05, 0.1) is 32.8 Å². The number of carbonyl (C=O) groups excluding carboxylic acids is 2. The number of hydrogen-bond acceptors (Lipinski definition) is 7. The number of aromatic nitrogens is 2. The average Bonchev–Trinajstić information content (AvgIpc) is 3.70. The average molecular weight is 705 g/mol. The summed E-state index contributed by atoms with van der Waals surface area (Å²) in [6.07, 6.45) is 7.53. The van der Waals surface area contributed by atoms with Gasteiger partial charge in [0.15, 0.2) is 0 Å². The molecule has 10 rings (SSSR count). The van der Waals surface area contributed by atoms with Gasteiger partial charge in [-0.05, 0) is 93.2 Å². The van der Waals surface area contributed by atoms with Crippen LogP contribution in [0, 0.1) is 23.7 Å². The fourth-order valence-electron chi connectivity index (χ4n) is 12.1. The van der Waals surface area contributed by atoms with Crippen LogP contribution in [0.5, 0.6) is 5.75 Å². The van der Waals surface area contributed by atoms with Crippen molar-refractivity contribution in [2.75, 3.05) is 48.0 Å². The quantitative estimate of drug-likeness (QED) is 0.181. The van der Waals surface area contributed by atoms with Gasteiger partial charge in [0.25, 0.3) is 0 Å². The normalized spacial score (nSPS) is 33.2. The second-order valence-electron chi connectivity index (χ2n) is 16.3. The summed E-state index contributed by atoms with van der Waals surface area (Å²) in [6.45, 7) is 7.16. The third-order valence-corrected chi connectivity index (χ3v) is 14.2. The highest BCUT2D eigenvalue weighted by Crippen LogP contribution is 2.57. The van der Waals surface area contributed by atoms with Crippen molar-refractivity contribution in [3.05, 3.63) is 76.1 Å². The first kappa shape index (κ1) is 33.7.